The van der Waals surface area contributed by atoms with Gasteiger partial charge >= 0.3 is 0 Å². The van der Waals surface area contributed by atoms with Crippen LogP contribution < -0.4 is 15.8 Å². The fourth-order valence-corrected chi connectivity index (χ4v) is 2.00. The summed E-state index contributed by atoms with van der Waals surface area (Å²) in [6.45, 7) is 4.03. The van der Waals surface area contributed by atoms with Crippen molar-refractivity contribution in [3.8, 4) is 5.75 Å². The summed E-state index contributed by atoms with van der Waals surface area (Å²) in [4.78, 5) is 23.6. The molecule has 0 aromatic heterocycles. The Bertz CT molecular complexity index is 696. The highest BCUT2D eigenvalue weighted by atomic mass is 16.5. The standard InChI is InChI=1S/C18H20N2O3/c1-3-12(2)23-14-10-8-13(9-11-14)18(22)20-16-7-5-4-6-15(16)17(19)21/h4-12H,3H2,1-2H3,(H2,19,21)(H,20,22)/t12-/m0/s1. The number of nitrogens with one attached hydrogen (secondary N) is 1. The first-order valence-electron chi connectivity index (χ1n) is 7.48. The molecular weight excluding hydrogens is 292 g/mol. The van der Waals surface area contributed by atoms with Crippen LogP contribution in [0.1, 0.15) is 41.0 Å². The largest absolute Gasteiger partial charge is 0.491 e. The Hall–Kier alpha value is -2.82. The van der Waals surface area contributed by atoms with Crippen molar-refractivity contribution in [2.75, 3.05) is 5.32 Å². The number of hydrogen-bond acceptors (Lipinski definition) is 3. The number of carbonyl (C=O) groups excluding carboxylic acids is 2. The van der Waals surface area contributed by atoms with E-state index in [2.05, 4.69) is 5.32 Å². The van der Waals surface area contributed by atoms with Crippen LogP contribution in [0.3, 0.4) is 0 Å². The number of amides is 2. The molecule has 5 heteroatoms. The Morgan fingerprint density at radius 1 is 1.13 bits per heavy atom. The lowest BCUT2D eigenvalue weighted by Gasteiger charge is -2.13. The zero-order valence-corrected chi connectivity index (χ0v) is 13.2. The summed E-state index contributed by atoms with van der Waals surface area (Å²) in [5, 5.41) is 2.70. The van der Waals surface area contributed by atoms with Crippen molar-refractivity contribution in [1.82, 2.24) is 0 Å². The van der Waals surface area contributed by atoms with Gasteiger partial charge in [-0.2, -0.15) is 0 Å². The van der Waals surface area contributed by atoms with E-state index < -0.39 is 5.91 Å². The lowest BCUT2D eigenvalue weighted by Crippen LogP contribution is -2.18. The van der Waals surface area contributed by atoms with Gasteiger partial charge in [-0.1, -0.05) is 19.1 Å². The molecule has 0 fully saturated rings. The molecule has 0 saturated carbocycles. The topological polar surface area (TPSA) is 81.4 Å². The highest BCUT2D eigenvalue weighted by Gasteiger charge is 2.12. The lowest BCUT2D eigenvalue weighted by molar-refractivity contribution is 0.100. The second-order valence-corrected chi connectivity index (χ2v) is 5.23. The minimum atomic E-state index is -0.585. The molecule has 1 atom stereocenters. The number of ether oxygens (including phenoxy) is 1. The Labute approximate surface area is 135 Å². The van der Waals surface area contributed by atoms with Crippen molar-refractivity contribution < 1.29 is 14.3 Å². The molecule has 5 nitrogen and oxygen atoms in total. The van der Waals surface area contributed by atoms with E-state index >= 15 is 0 Å². The second-order valence-electron chi connectivity index (χ2n) is 5.23. The molecule has 2 aromatic rings. The molecule has 0 radical (unpaired) electrons. The fourth-order valence-electron chi connectivity index (χ4n) is 2.00. The maximum atomic E-state index is 12.3. The average molecular weight is 312 g/mol. The first kappa shape index (κ1) is 16.5. The number of para-hydroxylation sites is 1. The van der Waals surface area contributed by atoms with Gasteiger partial charge in [0.25, 0.3) is 11.8 Å². The van der Waals surface area contributed by atoms with Crippen LogP contribution in [0, 0.1) is 0 Å². The molecule has 0 aliphatic carbocycles. The van der Waals surface area contributed by atoms with Crippen LogP contribution in [0.15, 0.2) is 48.5 Å². The minimum Gasteiger partial charge on any atom is -0.491 e. The van der Waals surface area contributed by atoms with Crippen LogP contribution in [0.4, 0.5) is 5.69 Å². The summed E-state index contributed by atoms with van der Waals surface area (Å²) in [7, 11) is 0. The Morgan fingerprint density at radius 3 is 2.39 bits per heavy atom. The molecule has 0 saturated heterocycles. The molecule has 0 bridgehead atoms. The molecule has 23 heavy (non-hydrogen) atoms. The van der Waals surface area contributed by atoms with Crippen LogP contribution in [-0.2, 0) is 0 Å². The maximum absolute atomic E-state index is 12.3. The Balaban J connectivity index is 2.11. The average Bonchev–Trinajstić information content (AvgIpc) is 2.55. The van der Waals surface area contributed by atoms with Crippen molar-refractivity contribution >= 4 is 17.5 Å². The van der Waals surface area contributed by atoms with Crippen LogP contribution in [-0.4, -0.2) is 17.9 Å². The third-order valence-electron chi connectivity index (χ3n) is 3.47. The van der Waals surface area contributed by atoms with E-state index in [4.69, 9.17) is 10.5 Å². The van der Waals surface area contributed by atoms with Crippen molar-refractivity contribution in [2.24, 2.45) is 5.73 Å². The number of benzene rings is 2. The van der Waals surface area contributed by atoms with Gasteiger partial charge in [-0.25, -0.2) is 0 Å². The molecule has 2 rings (SSSR count). The summed E-state index contributed by atoms with van der Waals surface area (Å²) in [5.41, 5.74) is 6.44. The molecule has 120 valence electrons. The highest BCUT2D eigenvalue weighted by Crippen LogP contribution is 2.18. The highest BCUT2D eigenvalue weighted by molar-refractivity contribution is 6.08. The molecule has 2 amide bonds. The first-order chi connectivity index (χ1) is 11.0. The number of hydrogen-bond donors (Lipinski definition) is 2. The molecule has 0 aliphatic rings. The van der Waals surface area contributed by atoms with Crippen LogP contribution >= 0.6 is 0 Å². The van der Waals surface area contributed by atoms with Crippen LogP contribution in [0.2, 0.25) is 0 Å². The SMILES string of the molecule is CC[C@H](C)Oc1ccc(C(=O)Nc2ccccc2C(N)=O)cc1. The molecule has 0 aliphatic heterocycles. The van der Waals surface area contributed by atoms with Crippen LogP contribution in [0.5, 0.6) is 5.75 Å². The normalized spacial score (nSPS) is 11.6. The lowest BCUT2D eigenvalue weighted by atomic mass is 10.1. The third kappa shape index (κ3) is 4.32. The van der Waals surface area contributed by atoms with Crippen LogP contribution in [0.25, 0.3) is 0 Å². The third-order valence-corrected chi connectivity index (χ3v) is 3.47. The number of rotatable bonds is 6. The van der Waals surface area contributed by atoms with Crippen molar-refractivity contribution in [3.63, 3.8) is 0 Å². The first-order valence-corrected chi connectivity index (χ1v) is 7.48. The van der Waals surface area contributed by atoms with Gasteiger partial charge in [0.1, 0.15) is 5.75 Å². The van der Waals surface area contributed by atoms with E-state index in [1.54, 1.807) is 48.5 Å². The number of anilines is 1. The fraction of sp³-hybridized carbons (Fsp3) is 0.222. The molecule has 0 spiro atoms. The molecule has 2 aromatic carbocycles. The van der Waals surface area contributed by atoms with E-state index in [9.17, 15) is 9.59 Å². The van der Waals surface area contributed by atoms with E-state index in [1.165, 1.54) is 0 Å². The summed E-state index contributed by atoms with van der Waals surface area (Å²) in [6.07, 6.45) is 1.03. The number of carbonyl (C=O) groups is 2. The predicted octanol–water partition coefficient (Wildman–Crippen LogP) is 3.22. The molecule has 0 heterocycles. The monoisotopic (exact) mass is 312 g/mol. The minimum absolute atomic E-state index is 0.122. The van der Waals surface area contributed by atoms with E-state index in [0.717, 1.165) is 6.42 Å². The summed E-state index contributed by atoms with van der Waals surface area (Å²) >= 11 is 0. The van der Waals surface area contributed by atoms with Crippen molar-refractivity contribution in [3.05, 3.63) is 59.7 Å². The van der Waals surface area contributed by atoms with Gasteiger partial charge in [0.2, 0.25) is 0 Å². The van der Waals surface area contributed by atoms with E-state index in [-0.39, 0.29) is 17.6 Å². The summed E-state index contributed by atoms with van der Waals surface area (Å²) < 4.78 is 5.67. The molecule has 0 unspecified atom stereocenters. The van der Waals surface area contributed by atoms with Gasteiger partial charge in [0.05, 0.1) is 17.4 Å². The summed E-state index contributed by atoms with van der Waals surface area (Å²) in [5.74, 6) is -0.180. The van der Waals surface area contributed by atoms with Gasteiger partial charge in [-0.05, 0) is 49.7 Å². The zero-order valence-electron chi connectivity index (χ0n) is 13.2. The molecular formula is C18H20N2O3. The van der Waals surface area contributed by atoms with Gasteiger partial charge in [0, 0.05) is 5.56 Å². The Morgan fingerprint density at radius 2 is 1.78 bits per heavy atom. The van der Waals surface area contributed by atoms with E-state index in [1.807, 2.05) is 13.8 Å². The zero-order chi connectivity index (χ0) is 16.8. The maximum Gasteiger partial charge on any atom is 0.255 e. The van der Waals surface area contributed by atoms with Crippen molar-refractivity contribution in [1.29, 1.82) is 0 Å². The quantitative estimate of drug-likeness (QED) is 0.859. The smallest absolute Gasteiger partial charge is 0.255 e. The summed E-state index contributed by atoms with van der Waals surface area (Å²) in [6, 6.07) is 13.5. The van der Waals surface area contributed by atoms with Gasteiger partial charge in [-0.3, -0.25) is 9.59 Å². The van der Waals surface area contributed by atoms with Crippen molar-refractivity contribution in [2.45, 2.75) is 26.4 Å². The van der Waals surface area contributed by atoms with Gasteiger partial charge < -0.3 is 15.8 Å². The Kier molecular flexibility index (Phi) is 5.36. The van der Waals surface area contributed by atoms with Gasteiger partial charge in [0.15, 0.2) is 0 Å². The van der Waals surface area contributed by atoms with Gasteiger partial charge in [-0.15, -0.1) is 0 Å². The second kappa shape index (κ2) is 7.45. The molecule has 3 N–H and O–H groups in total. The predicted molar refractivity (Wildman–Crippen MR) is 89.7 cm³/mol. The number of primary amides is 1. The van der Waals surface area contributed by atoms with E-state index in [0.29, 0.717) is 17.0 Å². The number of nitrogens with two attached hydrogens (primary N) is 1.